The highest BCUT2D eigenvalue weighted by Gasteiger charge is 2.34. The minimum absolute atomic E-state index is 0.126. The monoisotopic (exact) mass is 401 g/mol. The van der Waals surface area contributed by atoms with Crippen LogP contribution in [0, 0.1) is 10.1 Å². The van der Waals surface area contributed by atoms with E-state index in [9.17, 15) is 24.5 Å². The first kappa shape index (κ1) is 19.1. The number of rotatable bonds is 4. The summed E-state index contributed by atoms with van der Waals surface area (Å²) in [5.74, 6) is -2.48. The molecule has 1 aliphatic heterocycles. The van der Waals surface area contributed by atoms with Crippen LogP contribution in [-0.2, 0) is 14.4 Å². The summed E-state index contributed by atoms with van der Waals surface area (Å²) >= 11 is 6.00. The largest absolute Gasteiger partial charge is 0.418 e. The van der Waals surface area contributed by atoms with E-state index in [2.05, 4.69) is 5.43 Å². The number of hydrogen-bond acceptors (Lipinski definition) is 6. The Hall–Kier alpha value is -3.72. The van der Waals surface area contributed by atoms with Crippen molar-refractivity contribution in [1.82, 2.24) is 5.43 Å². The molecule has 0 saturated carbocycles. The average Bonchev–Trinajstić information content (AvgIpc) is 2.92. The molecule has 28 heavy (non-hydrogen) atoms. The molecular weight excluding hydrogens is 390 g/mol. The number of carbonyl (C=O) groups excluding carboxylic acids is 3. The van der Waals surface area contributed by atoms with Crippen LogP contribution in [-0.4, -0.2) is 22.7 Å². The van der Waals surface area contributed by atoms with E-state index >= 15 is 0 Å². The molecule has 0 spiro atoms. The maximum atomic E-state index is 12.6. The van der Waals surface area contributed by atoms with E-state index in [1.165, 1.54) is 12.1 Å². The van der Waals surface area contributed by atoms with Crippen molar-refractivity contribution in [2.75, 3.05) is 5.01 Å². The fourth-order valence-electron chi connectivity index (χ4n) is 2.55. The molecule has 1 fully saturated rings. The van der Waals surface area contributed by atoms with E-state index < -0.39 is 34.1 Å². The van der Waals surface area contributed by atoms with Crippen LogP contribution in [0.5, 0.6) is 5.75 Å². The molecule has 0 radical (unpaired) electrons. The highest BCUT2D eigenvalue weighted by atomic mass is 35.5. The van der Waals surface area contributed by atoms with Gasteiger partial charge >= 0.3 is 11.7 Å². The molecule has 0 bridgehead atoms. The Labute approximate surface area is 163 Å². The van der Waals surface area contributed by atoms with E-state index in [-0.39, 0.29) is 16.2 Å². The molecule has 0 atom stereocenters. The molecule has 142 valence electrons. The lowest BCUT2D eigenvalue weighted by molar-refractivity contribution is -0.385. The molecule has 9 nitrogen and oxygen atoms in total. The van der Waals surface area contributed by atoms with Crippen molar-refractivity contribution >= 4 is 46.8 Å². The normalized spacial score (nSPS) is 14.9. The van der Waals surface area contributed by atoms with E-state index in [4.69, 9.17) is 16.3 Å². The molecule has 0 aromatic heterocycles. The highest BCUT2D eigenvalue weighted by Crippen LogP contribution is 2.37. The number of halogens is 1. The Balaban J connectivity index is 2.01. The van der Waals surface area contributed by atoms with Gasteiger partial charge in [0, 0.05) is 13.0 Å². The van der Waals surface area contributed by atoms with Crippen LogP contribution in [0.15, 0.2) is 48.0 Å². The van der Waals surface area contributed by atoms with Crippen molar-refractivity contribution in [1.29, 1.82) is 0 Å². The zero-order chi connectivity index (χ0) is 20.4. The van der Waals surface area contributed by atoms with Crippen molar-refractivity contribution in [3.8, 4) is 5.75 Å². The second-order valence-corrected chi connectivity index (χ2v) is 6.08. The second kappa shape index (κ2) is 7.49. The number of anilines is 1. The molecule has 0 unspecified atom stereocenters. The van der Waals surface area contributed by atoms with Gasteiger partial charge in [0.05, 0.1) is 15.6 Å². The molecule has 2 amide bonds. The quantitative estimate of drug-likeness (QED) is 0.210. The lowest BCUT2D eigenvalue weighted by Gasteiger charge is -2.13. The third-order valence-corrected chi connectivity index (χ3v) is 3.99. The van der Waals surface area contributed by atoms with Crippen LogP contribution in [0.3, 0.4) is 0 Å². The van der Waals surface area contributed by atoms with Crippen LogP contribution in [0.2, 0.25) is 5.02 Å². The van der Waals surface area contributed by atoms with Crippen LogP contribution < -0.4 is 15.2 Å². The van der Waals surface area contributed by atoms with Gasteiger partial charge < -0.3 is 4.74 Å². The molecule has 2 aromatic rings. The number of hydrogen-bond donors (Lipinski definition) is 1. The summed E-state index contributed by atoms with van der Waals surface area (Å²) in [5.41, 5.74) is 2.21. The van der Waals surface area contributed by atoms with Crippen LogP contribution >= 0.6 is 11.6 Å². The van der Waals surface area contributed by atoms with Gasteiger partial charge in [-0.2, -0.15) is 0 Å². The van der Waals surface area contributed by atoms with E-state index in [0.717, 1.165) is 18.0 Å². The molecular formula is C18H12ClN3O6. The van der Waals surface area contributed by atoms with Gasteiger partial charge in [0.15, 0.2) is 0 Å². The van der Waals surface area contributed by atoms with Gasteiger partial charge in [-0.1, -0.05) is 29.8 Å². The Kier molecular flexibility index (Phi) is 5.10. The number of nitrogens with one attached hydrogen (secondary N) is 1. The van der Waals surface area contributed by atoms with Crippen LogP contribution in [0.1, 0.15) is 12.5 Å². The first-order valence-corrected chi connectivity index (χ1v) is 8.24. The van der Waals surface area contributed by atoms with E-state index in [1.54, 1.807) is 30.3 Å². The summed E-state index contributed by atoms with van der Waals surface area (Å²) in [7, 11) is 0. The summed E-state index contributed by atoms with van der Waals surface area (Å²) in [4.78, 5) is 46.4. The van der Waals surface area contributed by atoms with Gasteiger partial charge in [-0.15, -0.1) is 0 Å². The molecule has 3 rings (SSSR count). The molecule has 1 saturated heterocycles. The number of benzene rings is 2. The van der Waals surface area contributed by atoms with Crippen LogP contribution in [0.25, 0.3) is 6.08 Å². The molecule has 1 heterocycles. The number of carbonyl (C=O) groups is 3. The maximum absolute atomic E-state index is 12.6. The average molecular weight is 402 g/mol. The highest BCUT2D eigenvalue weighted by molar-refractivity contribution is 6.33. The Bertz CT molecular complexity index is 1040. The summed E-state index contributed by atoms with van der Waals surface area (Å²) in [6.07, 6.45) is 1.18. The minimum Gasteiger partial charge on any atom is -0.418 e. The van der Waals surface area contributed by atoms with Gasteiger partial charge in [-0.05, 0) is 29.8 Å². The van der Waals surface area contributed by atoms with Crippen molar-refractivity contribution in [3.63, 3.8) is 0 Å². The molecule has 1 aliphatic rings. The van der Waals surface area contributed by atoms with Crippen molar-refractivity contribution < 1.29 is 24.0 Å². The molecule has 1 N–H and O–H groups in total. The zero-order valence-electron chi connectivity index (χ0n) is 14.3. The summed E-state index contributed by atoms with van der Waals surface area (Å²) in [6, 6.07) is 10.7. The topological polar surface area (TPSA) is 119 Å². The Morgan fingerprint density at radius 3 is 2.54 bits per heavy atom. The smallest absolute Gasteiger partial charge is 0.313 e. The van der Waals surface area contributed by atoms with Crippen molar-refractivity contribution in [2.24, 2.45) is 0 Å². The summed E-state index contributed by atoms with van der Waals surface area (Å²) < 4.78 is 4.79. The van der Waals surface area contributed by atoms with E-state index in [1.807, 2.05) is 0 Å². The number of esters is 1. The predicted molar refractivity (Wildman–Crippen MR) is 99.5 cm³/mol. The van der Waals surface area contributed by atoms with Gasteiger partial charge in [-0.25, -0.2) is 5.01 Å². The maximum Gasteiger partial charge on any atom is 0.313 e. The number of hydrazine groups is 1. The third-order valence-electron chi connectivity index (χ3n) is 3.71. The number of nitrogens with zero attached hydrogens (tertiary/aromatic N) is 2. The minimum atomic E-state index is -0.779. The van der Waals surface area contributed by atoms with Crippen LogP contribution in [0.4, 0.5) is 11.4 Å². The fourth-order valence-corrected chi connectivity index (χ4v) is 2.81. The number of nitro benzene ring substituents is 1. The number of ether oxygens (including phenoxy) is 1. The lowest BCUT2D eigenvalue weighted by Crippen LogP contribution is -2.35. The first-order valence-electron chi connectivity index (χ1n) is 7.86. The van der Waals surface area contributed by atoms with Crippen molar-refractivity contribution in [2.45, 2.75) is 6.92 Å². The summed E-state index contributed by atoms with van der Waals surface area (Å²) in [5, 5.41) is 12.2. The number of amides is 2. The number of para-hydroxylation sites is 1. The fraction of sp³-hybridized carbons (Fsp3) is 0.0556. The Morgan fingerprint density at radius 1 is 1.25 bits per heavy atom. The van der Waals surface area contributed by atoms with Crippen molar-refractivity contribution in [3.05, 3.63) is 68.7 Å². The number of nitro groups is 1. The van der Waals surface area contributed by atoms with Gasteiger partial charge in [0.1, 0.15) is 5.57 Å². The standard InChI is InChI=1S/C18H12ClN3O6/c1-10(23)28-16-14(19)8-11(9-15(16)22(26)27)7-13-17(24)20-21(18(13)25)12-5-3-2-4-6-12/h2-9H,1H3,(H,20,24)/b13-7-. The molecule has 0 aliphatic carbocycles. The van der Waals surface area contributed by atoms with Gasteiger partial charge in [-0.3, -0.25) is 29.9 Å². The zero-order valence-corrected chi connectivity index (χ0v) is 15.1. The molecule has 10 heteroatoms. The second-order valence-electron chi connectivity index (χ2n) is 5.68. The van der Waals surface area contributed by atoms with Gasteiger partial charge in [0.2, 0.25) is 5.75 Å². The summed E-state index contributed by atoms with van der Waals surface area (Å²) in [6.45, 7) is 1.08. The Morgan fingerprint density at radius 2 is 1.93 bits per heavy atom. The lowest BCUT2D eigenvalue weighted by atomic mass is 10.1. The predicted octanol–water partition coefficient (Wildman–Crippen LogP) is 2.63. The SMILES string of the molecule is CC(=O)Oc1c(Cl)cc(/C=C2/C(=O)NN(c3ccccc3)C2=O)cc1[N+](=O)[O-]. The molecule has 2 aromatic carbocycles. The van der Waals surface area contributed by atoms with E-state index in [0.29, 0.717) is 5.69 Å². The first-order chi connectivity index (χ1) is 13.3. The van der Waals surface area contributed by atoms with Gasteiger partial charge in [0.25, 0.3) is 11.8 Å². The third kappa shape index (κ3) is 3.69.